The van der Waals surface area contributed by atoms with Crippen molar-refractivity contribution >= 4 is 33.4 Å². The maximum Gasteiger partial charge on any atom is 0.287 e. The lowest BCUT2D eigenvalue weighted by atomic mass is 9.96. The Labute approximate surface area is 131 Å². The Bertz CT molecular complexity index is 592. The topological polar surface area (TPSA) is 42.2 Å². The lowest BCUT2D eigenvalue weighted by Crippen LogP contribution is -2.31. The van der Waals surface area contributed by atoms with E-state index in [4.69, 9.17) is 16.0 Å². The molecule has 1 atom stereocenters. The molecule has 0 aliphatic rings. The summed E-state index contributed by atoms with van der Waals surface area (Å²) in [5.41, 5.74) is 1.02. The number of carbonyl (C=O) groups excluding carboxylic acids is 1. The van der Waals surface area contributed by atoms with Gasteiger partial charge in [0.25, 0.3) is 5.91 Å². The number of hydrogen-bond donors (Lipinski definition) is 1. The van der Waals surface area contributed by atoms with Crippen LogP contribution in [0.4, 0.5) is 0 Å². The molecule has 1 unspecified atom stereocenters. The number of nitrogens with one attached hydrogen (secondary N) is 1. The molecule has 0 saturated carbocycles. The van der Waals surface area contributed by atoms with E-state index in [1.54, 1.807) is 12.1 Å². The predicted octanol–water partition coefficient (Wildman–Crippen LogP) is 4.82. The first-order valence-corrected chi connectivity index (χ1v) is 7.46. The zero-order chi connectivity index (χ0) is 14.7. The van der Waals surface area contributed by atoms with Gasteiger partial charge in [-0.25, -0.2) is 0 Å². The number of rotatable bonds is 4. The molecule has 1 amide bonds. The molecule has 0 bridgehead atoms. The van der Waals surface area contributed by atoms with Gasteiger partial charge in [0.05, 0.1) is 6.04 Å². The Morgan fingerprint density at radius 2 is 1.85 bits per heavy atom. The van der Waals surface area contributed by atoms with E-state index in [1.807, 2.05) is 24.3 Å². The first kappa shape index (κ1) is 15.1. The molecule has 0 radical (unpaired) electrons. The highest BCUT2D eigenvalue weighted by molar-refractivity contribution is 9.10. The second-order valence-electron chi connectivity index (χ2n) is 4.85. The molecule has 20 heavy (non-hydrogen) atoms. The van der Waals surface area contributed by atoms with Crippen molar-refractivity contribution in [2.24, 2.45) is 5.92 Å². The van der Waals surface area contributed by atoms with Crippen LogP contribution in [0.2, 0.25) is 5.02 Å². The quantitative estimate of drug-likeness (QED) is 0.853. The van der Waals surface area contributed by atoms with Gasteiger partial charge in [-0.05, 0) is 51.7 Å². The third-order valence-electron chi connectivity index (χ3n) is 2.98. The van der Waals surface area contributed by atoms with Crippen LogP contribution < -0.4 is 5.32 Å². The molecule has 1 N–H and O–H groups in total. The lowest BCUT2D eigenvalue weighted by Gasteiger charge is -2.22. The summed E-state index contributed by atoms with van der Waals surface area (Å²) in [5, 5.41) is 3.66. The minimum absolute atomic E-state index is 0.0938. The summed E-state index contributed by atoms with van der Waals surface area (Å²) < 4.78 is 5.80. The number of furan rings is 1. The van der Waals surface area contributed by atoms with Gasteiger partial charge in [-0.3, -0.25) is 4.79 Å². The molecule has 0 aliphatic carbocycles. The van der Waals surface area contributed by atoms with Gasteiger partial charge < -0.3 is 9.73 Å². The summed E-state index contributed by atoms with van der Waals surface area (Å²) in [6, 6.07) is 10.7. The summed E-state index contributed by atoms with van der Waals surface area (Å²) in [6.45, 7) is 4.11. The van der Waals surface area contributed by atoms with Crippen molar-refractivity contribution in [1.82, 2.24) is 5.32 Å². The summed E-state index contributed by atoms with van der Waals surface area (Å²) in [4.78, 5) is 12.2. The fourth-order valence-electron chi connectivity index (χ4n) is 1.95. The number of halogens is 2. The van der Waals surface area contributed by atoms with Crippen LogP contribution in [0.25, 0.3) is 0 Å². The zero-order valence-electron chi connectivity index (χ0n) is 11.2. The van der Waals surface area contributed by atoms with E-state index in [9.17, 15) is 4.79 Å². The highest BCUT2D eigenvalue weighted by Gasteiger charge is 2.20. The Morgan fingerprint density at radius 1 is 1.20 bits per heavy atom. The van der Waals surface area contributed by atoms with E-state index in [-0.39, 0.29) is 23.6 Å². The summed E-state index contributed by atoms with van der Waals surface area (Å²) in [7, 11) is 0. The van der Waals surface area contributed by atoms with Crippen molar-refractivity contribution in [3.05, 3.63) is 57.4 Å². The van der Waals surface area contributed by atoms with Gasteiger partial charge in [-0.15, -0.1) is 0 Å². The van der Waals surface area contributed by atoms with E-state index >= 15 is 0 Å². The largest absolute Gasteiger partial charge is 0.444 e. The van der Waals surface area contributed by atoms with Gasteiger partial charge >= 0.3 is 0 Å². The number of amides is 1. The molecule has 0 aliphatic heterocycles. The van der Waals surface area contributed by atoms with E-state index in [0.717, 1.165) is 5.56 Å². The normalized spacial score (nSPS) is 12.4. The smallest absolute Gasteiger partial charge is 0.287 e. The molecule has 3 nitrogen and oxygen atoms in total. The van der Waals surface area contributed by atoms with Crippen molar-refractivity contribution in [2.45, 2.75) is 19.9 Å². The average Bonchev–Trinajstić information content (AvgIpc) is 2.83. The highest BCUT2D eigenvalue weighted by atomic mass is 79.9. The van der Waals surface area contributed by atoms with Crippen LogP contribution in [0.5, 0.6) is 0 Å². The Hall–Kier alpha value is -1.26. The lowest BCUT2D eigenvalue weighted by molar-refractivity contribution is 0.0896. The van der Waals surface area contributed by atoms with Gasteiger partial charge in [-0.2, -0.15) is 0 Å². The Morgan fingerprint density at radius 3 is 2.35 bits per heavy atom. The second-order valence-corrected chi connectivity index (χ2v) is 6.07. The van der Waals surface area contributed by atoms with Gasteiger partial charge in [0.2, 0.25) is 0 Å². The maximum atomic E-state index is 12.2. The van der Waals surface area contributed by atoms with Crippen LogP contribution in [0.1, 0.15) is 36.0 Å². The van der Waals surface area contributed by atoms with Gasteiger partial charge in [0, 0.05) is 5.02 Å². The molecule has 0 saturated heterocycles. The van der Waals surface area contributed by atoms with Crippen molar-refractivity contribution in [3.63, 3.8) is 0 Å². The molecule has 5 heteroatoms. The SMILES string of the molecule is CC(C)C(NC(=O)c1ccc(Br)o1)c1ccc(Cl)cc1. The van der Waals surface area contributed by atoms with E-state index in [1.165, 1.54) is 0 Å². The molecule has 2 rings (SSSR count). The van der Waals surface area contributed by atoms with Crippen LogP contribution in [-0.2, 0) is 0 Å². The molecule has 2 aromatic rings. The van der Waals surface area contributed by atoms with E-state index in [2.05, 4.69) is 35.1 Å². The number of benzene rings is 1. The maximum absolute atomic E-state index is 12.2. The zero-order valence-corrected chi connectivity index (χ0v) is 13.5. The average molecular weight is 357 g/mol. The molecule has 106 valence electrons. The first-order valence-electron chi connectivity index (χ1n) is 6.29. The van der Waals surface area contributed by atoms with Gasteiger partial charge in [0.15, 0.2) is 10.4 Å². The summed E-state index contributed by atoms with van der Waals surface area (Å²) >= 11 is 9.08. The van der Waals surface area contributed by atoms with Crippen LogP contribution in [-0.4, -0.2) is 5.91 Å². The fraction of sp³-hybridized carbons (Fsp3) is 0.267. The Kier molecular flexibility index (Phi) is 4.89. The monoisotopic (exact) mass is 355 g/mol. The molecular formula is C15H15BrClNO2. The van der Waals surface area contributed by atoms with Crippen molar-refractivity contribution < 1.29 is 9.21 Å². The Balaban J connectivity index is 2.17. The van der Waals surface area contributed by atoms with E-state index < -0.39 is 0 Å². The van der Waals surface area contributed by atoms with Crippen molar-refractivity contribution in [3.8, 4) is 0 Å². The minimum atomic E-state index is -0.232. The third-order valence-corrected chi connectivity index (χ3v) is 3.66. The van der Waals surface area contributed by atoms with Crippen LogP contribution in [0.3, 0.4) is 0 Å². The van der Waals surface area contributed by atoms with Crippen LogP contribution >= 0.6 is 27.5 Å². The molecule has 1 aromatic carbocycles. The van der Waals surface area contributed by atoms with Crippen LogP contribution in [0.15, 0.2) is 45.5 Å². The van der Waals surface area contributed by atoms with Gasteiger partial charge in [-0.1, -0.05) is 37.6 Å². The number of hydrogen-bond acceptors (Lipinski definition) is 2. The van der Waals surface area contributed by atoms with Gasteiger partial charge in [0.1, 0.15) is 0 Å². The third kappa shape index (κ3) is 3.64. The second kappa shape index (κ2) is 6.46. The molecule has 0 spiro atoms. The minimum Gasteiger partial charge on any atom is -0.444 e. The van der Waals surface area contributed by atoms with Crippen molar-refractivity contribution in [2.75, 3.05) is 0 Å². The molecular weight excluding hydrogens is 342 g/mol. The summed E-state index contributed by atoms with van der Waals surface area (Å²) in [6.07, 6.45) is 0. The van der Waals surface area contributed by atoms with E-state index in [0.29, 0.717) is 9.69 Å². The molecule has 1 heterocycles. The van der Waals surface area contributed by atoms with Crippen molar-refractivity contribution in [1.29, 1.82) is 0 Å². The summed E-state index contributed by atoms with van der Waals surface area (Å²) in [5.74, 6) is 0.305. The standard InChI is InChI=1S/C15H15BrClNO2/c1-9(2)14(10-3-5-11(17)6-4-10)18-15(19)12-7-8-13(16)20-12/h3-9,14H,1-2H3,(H,18,19). The molecule has 1 aromatic heterocycles. The number of carbonyl (C=O) groups is 1. The fourth-order valence-corrected chi connectivity index (χ4v) is 2.39. The first-order chi connectivity index (χ1) is 9.47. The molecule has 0 fully saturated rings. The van der Waals surface area contributed by atoms with Crippen LogP contribution in [0, 0.1) is 5.92 Å². The highest BCUT2D eigenvalue weighted by Crippen LogP contribution is 2.24. The predicted molar refractivity (Wildman–Crippen MR) is 82.9 cm³/mol.